The summed E-state index contributed by atoms with van der Waals surface area (Å²) >= 11 is 6.74. The summed E-state index contributed by atoms with van der Waals surface area (Å²) in [5.74, 6) is 0.747. The Morgan fingerprint density at radius 3 is 2.70 bits per heavy atom. The van der Waals surface area contributed by atoms with Gasteiger partial charge in [0.15, 0.2) is 0 Å². The van der Waals surface area contributed by atoms with Gasteiger partial charge >= 0.3 is 6.01 Å². The first-order valence-electron chi connectivity index (χ1n) is 18.0. The number of aromatic nitrogens is 2. The molecule has 0 spiro atoms. The number of carbonyl (C=O) groups excluding carboxylic acids is 1. The standard InChI is InChI=1S/C38H46ClFN8O2/c1-44-17-6-9-30(44)26-50-38-42-33-25-46(34-11-5-8-27-7-4-10-32(39)36(27)34)20-15-31(33)37(43-38)47-21-22-48(29(24-47)13-16-41)35(49)12-2-3-18-45-19-14-28(40)23-45/h2,4-5,7-8,10-12,28-30H,3,6,9,13-15,17-26H2,1H3/b12-2+/t28?,29-,30-/m0/s1. The third kappa shape index (κ3) is 7.53. The number of nitriles is 1. The van der Waals surface area contributed by atoms with Crippen LogP contribution in [0.3, 0.4) is 0 Å². The average Bonchev–Trinajstić information content (AvgIpc) is 3.75. The van der Waals surface area contributed by atoms with E-state index in [0.717, 1.165) is 84.0 Å². The van der Waals surface area contributed by atoms with Crippen LogP contribution in [-0.2, 0) is 17.8 Å². The molecule has 0 radical (unpaired) electrons. The highest BCUT2D eigenvalue weighted by atomic mass is 35.5. The van der Waals surface area contributed by atoms with Crippen LogP contribution in [0, 0.1) is 11.3 Å². The van der Waals surface area contributed by atoms with Crippen molar-refractivity contribution in [3.8, 4) is 12.1 Å². The number of likely N-dealkylation sites (N-methyl/N-ethyl adjacent to an activating group) is 1. The molecule has 5 heterocycles. The van der Waals surface area contributed by atoms with Crippen LogP contribution in [0.5, 0.6) is 6.01 Å². The Balaban J connectivity index is 1.11. The number of alkyl halides is 1. The number of ether oxygens (including phenoxy) is 1. The van der Waals surface area contributed by atoms with Crippen molar-refractivity contribution in [1.82, 2.24) is 24.7 Å². The molecule has 0 bridgehead atoms. The van der Waals surface area contributed by atoms with Crippen LogP contribution in [0.1, 0.15) is 43.4 Å². The van der Waals surface area contributed by atoms with E-state index in [1.54, 1.807) is 6.08 Å². The van der Waals surface area contributed by atoms with Gasteiger partial charge in [-0.05, 0) is 69.3 Å². The van der Waals surface area contributed by atoms with Crippen LogP contribution >= 0.6 is 11.6 Å². The van der Waals surface area contributed by atoms with Gasteiger partial charge in [0.25, 0.3) is 0 Å². The molecule has 12 heteroatoms. The molecule has 3 aromatic rings. The van der Waals surface area contributed by atoms with E-state index in [2.05, 4.69) is 57.0 Å². The zero-order chi connectivity index (χ0) is 34.6. The van der Waals surface area contributed by atoms with Crippen molar-refractivity contribution in [3.63, 3.8) is 0 Å². The molecule has 1 aromatic heterocycles. The summed E-state index contributed by atoms with van der Waals surface area (Å²) in [6.07, 6.45) is 7.23. The van der Waals surface area contributed by atoms with Gasteiger partial charge in [-0.2, -0.15) is 15.2 Å². The van der Waals surface area contributed by atoms with E-state index in [4.69, 9.17) is 26.3 Å². The Hall–Kier alpha value is -3.98. The maximum Gasteiger partial charge on any atom is 0.318 e. The summed E-state index contributed by atoms with van der Waals surface area (Å²) in [4.78, 5) is 34.2. The number of anilines is 2. The van der Waals surface area contributed by atoms with E-state index in [1.165, 1.54) is 0 Å². The van der Waals surface area contributed by atoms with Crippen LogP contribution in [0.15, 0.2) is 48.6 Å². The summed E-state index contributed by atoms with van der Waals surface area (Å²) in [5, 5.41) is 12.6. The lowest BCUT2D eigenvalue weighted by molar-refractivity contribution is -0.128. The predicted octanol–water partition coefficient (Wildman–Crippen LogP) is 5.24. The summed E-state index contributed by atoms with van der Waals surface area (Å²) in [5.41, 5.74) is 3.09. The molecule has 1 unspecified atom stereocenters. The molecule has 10 nitrogen and oxygen atoms in total. The Morgan fingerprint density at radius 1 is 1.06 bits per heavy atom. The second kappa shape index (κ2) is 15.5. The minimum absolute atomic E-state index is 0.0893. The number of amides is 1. The molecule has 3 fully saturated rings. The van der Waals surface area contributed by atoms with Crippen LogP contribution < -0.4 is 14.5 Å². The summed E-state index contributed by atoms with van der Waals surface area (Å²) in [6, 6.07) is 15.0. The summed E-state index contributed by atoms with van der Waals surface area (Å²) in [6.45, 7) is 6.48. The average molecular weight is 701 g/mol. The molecule has 1 amide bonds. The van der Waals surface area contributed by atoms with Gasteiger partial charge in [-0.1, -0.05) is 41.9 Å². The molecule has 7 rings (SSSR count). The number of hydrogen-bond acceptors (Lipinski definition) is 9. The lowest BCUT2D eigenvalue weighted by atomic mass is 10.0. The molecule has 3 atom stereocenters. The predicted molar refractivity (Wildman–Crippen MR) is 195 cm³/mol. The van der Waals surface area contributed by atoms with Crippen LogP contribution in [0.25, 0.3) is 10.8 Å². The Kier molecular flexibility index (Phi) is 10.7. The minimum Gasteiger partial charge on any atom is -0.462 e. The van der Waals surface area contributed by atoms with E-state index in [9.17, 15) is 14.4 Å². The van der Waals surface area contributed by atoms with Crippen molar-refractivity contribution in [1.29, 1.82) is 5.26 Å². The smallest absolute Gasteiger partial charge is 0.318 e. The van der Waals surface area contributed by atoms with Crippen molar-refractivity contribution in [2.45, 2.75) is 63.3 Å². The SMILES string of the molecule is CN1CCC[C@H]1COc1nc2c(c(N3CCN(C(=O)/C=C/CCN4CCC(F)C4)[C@@H](CC#N)C3)n1)CCN(c1cccc3cccc(Cl)c13)C2. The maximum atomic E-state index is 13.5. The summed E-state index contributed by atoms with van der Waals surface area (Å²) in [7, 11) is 2.13. The molecule has 4 aliphatic rings. The fourth-order valence-corrected chi connectivity index (χ4v) is 8.24. The van der Waals surface area contributed by atoms with Crippen molar-refractivity contribution in [2.75, 3.05) is 75.8 Å². The molecule has 0 aliphatic carbocycles. The normalized spacial score (nSPS) is 23.2. The van der Waals surface area contributed by atoms with Gasteiger partial charge in [-0.3, -0.25) is 4.79 Å². The highest BCUT2D eigenvalue weighted by molar-refractivity contribution is 6.36. The Labute approximate surface area is 299 Å². The van der Waals surface area contributed by atoms with E-state index in [0.29, 0.717) is 64.2 Å². The van der Waals surface area contributed by atoms with Gasteiger partial charge in [0.05, 0.1) is 35.8 Å². The fourth-order valence-electron chi connectivity index (χ4n) is 7.96. The van der Waals surface area contributed by atoms with Gasteiger partial charge in [0.1, 0.15) is 18.6 Å². The maximum absolute atomic E-state index is 13.5. The number of nitrogens with zero attached hydrogens (tertiary/aromatic N) is 8. The third-order valence-electron chi connectivity index (χ3n) is 10.8. The van der Waals surface area contributed by atoms with Crippen molar-refractivity contribution < 1.29 is 13.9 Å². The monoisotopic (exact) mass is 700 g/mol. The van der Waals surface area contributed by atoms with Crippen molar-refractivity contribution in [3.05, 3.63) is 64.8 Å². The fraction of sp³-hybridized carbons (Fsp3) is 0.526. The van der Waals surface area contributed by atoms with Gasteiger partial charge < -0.3 is 29.2 Å². The van der Waals surface area contributed by atoms with Crippen molar-refractivity contribution >= 4 is 39.8 Å². The number of carbonyl (C=O) groups is 1. The second-order valence-electron chi connectivity index (χ2n) is 14.0. The lowest BCUT2D eigenvalue weighted by Gasteiger charge is -2.42. The van der Waals surface area contributed by atoms with Crippen LogP contribution in [0.4, 0.5) is 15.9 Å². The molecule has 2 aromatic carbocycles. The highest BCUT2D eigenvalue weighted by Crippen LogP contribution is 2.37. The van der Waals surface area contributed by atoms with E-state index < -0.39 is 6.17 Å². The van der Waals surface area contributed by atoms with Gasteiger partial charge in [0, 0.05) is 68.5 Å². The number of halogens is 2. The number of piperazine rings is 1. The molecular weight excluding hydrogens is 655 g/mol. The van der Waals surface area contributed by atoms with E-state index >= 15 is 0 Å². The highest BCUT2D eigenvalue weighted by Gasteiger charge is 2.34. The zero-order valence-electron chi connectivity index (χ0n) is 28.8. The number of benzene rings is 2. The molecule has 0 N–H and O–H groups in total. The van der Waals surface area contributed by atoms with Crippen molar-refractivity contribution in [2.24, 2.45) is 0 Å². The molecule has 50 heavy (non-hydrogen) atoms. The minimum atomic E-state index is -0.747. The second-order valence-corrected chi connectivity index (χ2v) is 14.4. The molecule has 0 saturated carbocycles. The van der Waals surface area contributed by atoms with Crippen LogP contribution in [0.2, 0.25) is 5.02 Å². The number of fused-ring (bicyclic) bond motifs is 2. The van der Waals surface area contributed by atoms with E-state index in [-0.39, 0.29) is 18.4 Å². The van der Waals surface area contributed by atoms with Gasteiger partial charge in [-0.25, -0.2) is 4.39 Å². The largest absolute Gasteiger partial charge is 0.462 e. The van der Waals surface area contributed by atoms with Gasteiger partial charge in [-0.15, -0.1) is 0 Å². The Bertz CT molecular complexity index is 1760. The first-order valence-corrected chi connectivity index (χ1v) is 18.4. The lowest BCUT2D eigenvalue weighted by Crippen LogP contribution is -2.55. The number of hydrogen-bond donors (Lipinski definition) is 0. The summed E-state index contributed by atoms with van der Waals surface area (Å²) < 4.78 is 19.9. The van der Waals surface area contributed by atoms with Crippen LogP contribution in [-0.4, -0.2) is 115 Å². The Morgan fingerprint density at radius 2 is 1.92 bits per heavy atom. The first-order chi connectivity index (χ1) is 24.4. The molecule has 3 saturated heterocycles. The van der Waals surface area contributed by atoms with Gasteiger partial charge in [0.2, 0.25) is 5.91 Å². The van der Waals surface area contributed by atoms with E-state index in [1.807, 2.05) is 23.1 Å². The topological polar surface area (TPSA) is 92.1 Å². The molecule has 264 valence electrons. The zero-order valence-corrected chi connectivity index (χ0v) is 29.6. The number of likely N-dealkylation sites (tertiary alicyclic amines) is 2. The molecular formula is C38H46ClFN8O2. The third-order valence-corrected chi connectivity index (χ3v) is 11.1. The molecule has 4 aliphatic heterocycles. The number of rotatable bonds is 10. The quantitative estimate of drug-likeness (QED) is 0.264. The first kappa shape index (κ1) is 34.5.